The summed E-state index contributed by atoms with van der Waals surface area (Å²) in [5, 5.41) is 0. The third kappa shape index (κ3) is 2.54. The highest BCUT2D eigenvalue weighted by atomic mass is 16.5. The summed E-state index contributed by atoms with van der Waals surface area (Å²) in [7, 11) is 0. The quantitative estimate of drug-likeness (QED) is 0.855. The Morgan fingerprint density at radius 2 is 1.91 bits per heavy atom. The molecule has 2 aromatic carbocycles. The van der Waals surface area contributed by atoms with Crippen LogP contribution < -0.4 is 14.5 Å². The van der Waals surface area contributed by atoms with Crippen LogP contribution in [0.4, 0.5) is 11.4 Å². The van der Waals surface area contributed by atoms with Crippen molar-refractivity contribution in [3.8, 4) is 5.75 Å². The smallest absolute Gasteiger partial charge is 0.231 e. The summed E-state index contributed by atoms with van der Waals surface area (Å²) in [6.07, 6.45) is 0.435. The Labute approximate surface area is 136 Å². The number of benzene rings is 2. The summed E-state index contributed by atoms with van der Waals surface area (Å²) < 4.78 is 5.75. The Kier molecular flexibility index (Phi) is 3.45. The van der Waals surface area contributed by atoms with Gasteiger partial charge in [-0.05, 0) is 24.6 Å². The van der Waals surface area contributed by atoms with Gasteiger partial charge in [-0.25, -0.2) is 0 Å². The first kappa shape index (κ1) is 14.1. The highest BCUT2D eigenvalue weighted by molar-refractivity contribution is 6.00. The lowest BCUT2D eigenvalue weighted by Crippen LogP contribution is -2.47. The summed E-state index contributed by atoms with van der Waals surface area (Å²) in [4.78, 5) is 17.0. The van der Waals surface area contributed by atoms with Gasteiger partial charge < -0.3 is 14.5 Å². The Bertz CT molecular complexity index is 740. The van der Waals surface area contributed by atoms with E-state index in [0.717, 1.165) is 42.3 Å². The van der Waals surface area contributed by atoms with Crippen molar-refractivity contribution in [1.82, 2.24) is 0 Å². The largest absolute Gasteiger partial charge is 0.489 e. The van der Waals surface area contributed by atoms with Crippen LogP contribution in [0.3, 0.4) is 0 Å². The van der Waals surface area contributed by atoms with E-state index < -0.39 is 0 Å². The van der Waals surface area contributed by atoms with Gasteiger partial charge in [-0.2, -0.15) is 0 Å². The molecule has 0 saturated carbocycles. The number of hydrogen-bond acceptors (Lipinski definition) is 3. The standard InChI is InChI=1S/C19H20N2O2/c1-14-5-7-15(8-6-14)13-18(22)21-10-9-20-11-12-23-17-4-2-3-16(21)19(17)20/h2-8H,9-13H2,1H3. The maximum absolute atomic E-state index is 12.8. The summed E-state index contributed by atoms with van der Waals surface area (Å²) in [5.74, 6) is 1.04. The minimum Gasteiger partial charge on any atom is -0.489 e. The van der Waals surface area contributed by atoms with Gasteiger partial charge in [0.15, 0.2) is 0 Å². The van der Waals surface area contributed by atoms with Gasteiger partial charge in [0, 0.05) is 13.1 Å². The second kappa shape index (κ2) is 5.61. The number of anilines is 2. The molecule has 0 radical (unpaired) electrons. The van der Waals surface area contributed by atoms with E-state index in [9.17, 15) is 4.79 Å². The Balaban J connectivity index is 1.62. The van der Waals surface area contributed by atoms with Crippen LogP contribution in [0.25, 0.3) is 0 Å². The molecule has 0 atom stereocenters. The predicted molar refractivity (Wildman–Crippen MR) is 91.4 cm³/mol. The monoisotopic (exact) mass is 308 g/mol. The molecule has 0 fully saturated rings. The number of ether oxygens (including phenoxy) is 1. The van der Waals surface area contributed by atoms with Crippen LogP contribution in [0.15, 0.2) is 42.5 Å². The molecule has 0 aromatic heterocycles. The zero-order chi connectivity index (χ0) is 15.8. The number of nitrogens with zero attached hydrogens (tertiary/aromatic N) is 2. The topological polar surface area (TPSA) is 32.8 Å². The highest BCUT2D eigenvalue weighted by Crippen LogP contribution is 2.42. The van der Waals surface area contributed by atoms with Crippen LogP contribution in [0.1, 0.15) is 11.1 Å². The molecule has 0 unspecified atom stereocenters. The first-order chi connectivity index (χ1) is 11.2. The minimum atomic E-state index is 0.146. The van der Waals surface area contributed by atoms with Gasteiger partial charge >= 0.3 is 0 Å². The summed E-state index contributed by atoms with van der Waals surface area (Å²) in [6, 6.07) is 14.2. The number of carbonyl (C=O) groups is 1. The van der Waals surface area contributed by atoms with E-state index in [1.54, 1.807) is 0 Å². The average molecular weight is 308 g/mol. The van der Waals surface area contributed by atoms with Crippen molar-refractivity contribution in [2.45, 2.75) is 13.3 Å². The van der Waals surface area contributed by atoms with Crippen molar-refractivity contribution in [1.29, 1.82) is 0 Å². The SMILES string of the molecule is Cc1ccc(CC(=O)N2CCN3CCOc4cccc2c43)cc1. The first-order valence-corrected chi connectivity index (χ1v) is 8.09. The maximum atomic E-state index is 12.8. The van der Waals surface area contributed by atoms with Crippen molar-refractivity contribution < 1.29 is 9.53 Å². The molecule has 0 saturated heterocycles. The number of rotatable bonds is 2. The molecule has 0 spiro atoms. The highest BCUT2D eigenvalue weighted by Gasteiger charge is 2.31. The lowest BCUT2D eigenvalue weighted by Gasteiger charge is -2.41. The Morgan fingerprint density at radius 3 is 2.74 bits per heavy atom. The predicted octanol–water partition coefficient (Wildman–Crippen LogP) is 2.78. The molecule has 0 aliphatic carbocycles. The Hall–Kier alpha value is -2.49. The molecular weight excluding hydrogens is 288 g/mol. The molecule has 2 aromatic rings. The van der Waals surface area contributed by atoms with E-state index in [1.807, 2.05) is 35.2 Å². The third-order valence-electron chi connectivity index (χ3n) is 4.57. The molecular formula is C19H20N2O2. The fraction of sp³-hybridized carbons (Fsp3) is 0.316. The second-order valence-electron chi connectivity index (χ2n) is 6.17. The summed E-state index contributed by atoms with van der Waals surface area (Å²) >= 11 is 0. The van der Waals surface area contributed by atoms with Crippen molar-refractivity contribution in [3.05, 3.63) is 53.6 Å². The van der Waals surface area contributed by atoms with Gasteiger partial charge in [-0.1, -0.05) is 35.9 Å². The lowest BCUT2D eigenvalue weighted by atomic mass is 10.1. The number of aryl methyl sites for hydroxylation is 1. The summed E-state index contributed by atoms with van der Waals surface area (Å²) in [6.45, 7) is 5.27. The molecule has 4 nitrogen and oxygen atoms in total. The molecule has 2 heterocycles. The molecule has 1 amide bonds. The van der Waals surface area contributed by atoms with Crippen LogP contribution in [0.2, 0.25) is 0 Å². The van der Waals surface area contributed by atoms with Crippen molar-refractivity contribution >= 4 is 17.3 Å². The first-order valence-electron chi connectivity index (χ1n) is 8.09. The van der Waals surface area contributed by atoms with E-state index in [4.69, 9.17) is 4.74 Å². The maximum Gasteiger partial charge on any atom is 0.231 e. The van der Waals surface area contributed by atoms with Crippen molar-refractivity contribution in [3.63, 3.8) is 0 Å². The van der Waals surface area contributed by atoms with Crippen LogP contribution in [-0.2, 0) is 11.2 Å². The van der Waals surface area contributed by atoms with Gasteiger partial charge in [0.05, 0.1) is 18.7 Å². The number of carbonyl (C=O) groups excluding carboxylic acids is 1. The van der Waals surface area contributed by atoms with Gasteiger partial charge in [0.25, 0.3) is 0 Å². The molecule has 4 rings (SSSR count). The van der Waals surface area contributed by atoms with Gasteiger partial charge in [-0.15, -0.1) is 0 Å². The van der Waals surface area contributed by atoms with Crippen LogP contribution in [0.5, 0.6) is 5.75 Å². The molecule has 0 bridgehead atoms. The van der Waals surface area contributed by atoms with E-state index in [0.29, 0.717) is 13.0 Å². The van der Waals surface area contributed by atoms with Crippen LogP contribution >= 0.6 is 0 Å². The molecule has 2 aliphatic heterocycles. The van der Waals surface area contributed by atoms with Crippen LogP contribution in [-0.4, -0.2) is 32.1 Å². The average Bonchev–Trinajstić information content (AvgIpc) is 2.58. The third-order valence-corrected chi connectivity index (χ3v) is 4.57. The van der Waals surface area contributed by atoms with Crippen molar-refractivity contribution in [2.24, 2.45) is 0 Å². The fourth-order valence-corrected chi connectivity index (χ4v) is 3.34. The molecule has 118 valence electrons. The lowest BCUT2D eigenvalue weighted by molar-refractivity contribution is -0.118. The molecule has 4 heteroatoms. The fourth-order valence-electron chi connectivity index (χ4n) is 3.34. The van der Waals surface area contributed by atoms with E-state index in [2.05, 4.69) is 24.0 Å². The second-order valence-corrected chi connectivity index (χ2v) is 6.17. The van der Waals surface area contributed by atoms with Gasteiger partial charge in [-0.3, -0.25) is 4.79 Å². The van der Waals surface area contributed by atoms with Crippen LogP contribution in [0, 0.1) is 6.92 Å². The van der Waals surface area contributed by atoms with E-state index in [-0.39, 0.29) is 5.91 Å². The van der Waals surface area contributed by atoms with Gasteiger partial charge in [0.1, 0.15) is 18.0 Å². The van der Waals surface area contributed by atoms with Gasteiger partial charge in [0.2, 0.25) is 5.91 Å². The Morgan fingerprint density at radius 1 is 1.09 bits per heavy atom. The number of amides is 1. The number of para-hydroxylation sites is 1. The summed E-state index contributed by atoms with van der Waals surface area (Å²) in [5.41, 5.74) is 4.32. The minimum absolute atomic E-state index is 0.146. The molecule has 23 heavy (non-hydrogen) atoms. The zero-order valence-electron chi connectivity index (χ0n) is 13.3. The van der Waals surface area contributed by atoms with E-state index in [1.165, 1.54) is 5.56 Å². The number of hydrogen-bond donors (Lipinski definition) is 0. The normalized spacial score (nSPS) is 15.9. The van der Waals surface area contributed by atoms with Crippen molar-refractivity contribution in [2.75, 3.05) is 36.0 Å². The zero-order valence-corrected chi connectivity index (χ0v) is 13.3. The molecule has 0 N–H and O–H groups in total. The van der Waals surface area contributed by atoms with E-state index >= 15 is 0 Å². The molecule has 2 aliphatic rings.